The summed E-state index contributed by atoms with van der Waals surface area (Å²) in [5.41, 5.74) is 0.292. The third kappa shape index (κ3) is 2.19. The van der Waals surface area contributed by atoms with Crippen molar-refractivity contribution in [3.63, 3.8) is 0 Å². The largest absolute Gasteiger partial charge is 0.508 e. The molecule has 0 aromatic heterocycles. The molecule has 0 amide bonds. The molecule has 1 aromatic carbocycles. The molecule has 13 heavy (non-hydrogen) atoms. The van der Waals surface area contributed by atoms with Crippen LogP contribution in [0.5, 0.6) is 5.75 Å². The lowest BCUT2D eigenvalue weighted by Gasteiger charge is -2.04. The summed E-state index contributed by atoms with van der Waals surface area (Å²) in [7, 11) is -3.39. The van der Waals surface area contributed by atoms with E-state index in [0.717, 1.165) is 12.3 Å². The minimum absolute atomic E-state index is 0.0324. The highest BCUT2D eigenvalue weighted by atomic mass is 32.2. The molecule has 1 rings (SSSR count). The summed E-state index contributed by atoms with van der Waals surface area (Å²) in [6, 6.07) is 3.84. The zero-order chi connectivity index (χ0) is 10.1. The number of sulfone groups is 1. The number of benzene rings is 1. The molecule has 4 nitrogen and oxygen atoms in total. The van der Waals surface area contributed by atoms with E-state index in [2.05, 4.69) is 0 Å². The van der Waals surface area contributed by atoms with Gasteiger partial charge >= 0.3 is 0 Å². The van der Waals surface area contributed by atoms with E-state index in [0.29, 0.717) is 5.56 Å². The number of phenols is 1. The van der Waals surface area contributed by atoms with Gasteiger partial charge in [-0.1, -0.05) is 6.07 Å². The standard InChI is InChI=1S/C8H10O4S/c1-13(11,12)8-4-7(10)3-2-6(8)5-9/h2-4,9-10H,5H2,1H3. The van der Waals surface area contributed by atoms with Crippen LogP contribution < -0.4 is 0 Å². The molecular formula is C8H10O4S. The predicted octanol–water partition coefficient (Wildman–Crippen LogP) is 0.288. The van der Waals surface area contributed by atoms with Gasteiger partial charge in [0, 0.05) is 6.26 Å². The summed E-state index contributed by atoms with van der Waals surface area (Å²) < 4.78 is 22.3. The monoisotopic (exact) mass is 202 g/mol. The summed E-state index contributed by atoms with van der Waals surface area (Å²) in [5, 5.41) is 17.9. The summed E-state index contributed by atoms with van der Waals surface area (Å²) in [4.78, 5) is -0.0324. The Hall–Kier alpha value is -1.07. The molecule has 1 aromatic rings. The highest BCUT2D eigenvalue weighted by Crippen LogP contribution is 2.21. The van der Waals surface area contributed by atoms with E-state index in [9.17, 15) is 8.42 Å². The number of aliphatic hydroxyl groups excluding tert-OH is 1. The molecular weight excluding hydrogens is 192 g/mol. The van der Waals surface area contributed by atoms with Crippen molar-refractivity contribution in [3.8, 4) is 5.75 Å². The lowest BCUT2D eigenvalue weighted by Crippen LogP contribution is -2.02. The Morgan fingerprint density at radius 1 is 1.38 bits per heavy atom. The van der Waals surface area contributed by atoms with Gasteiger partial charge in [-0.2, -0.15) is 0 Å². The Morgan fingerprint density at radius 3 is 2.46 bits per heavy atom. The quantitative estimate of drug-likeness (QED) is 0.722. The third-order valence-electron chi connectivity index (χ3n) is 1.62. The average molecular weight is 202 g/mol. The fourth-order valence-corrected chi connectivity index (χ4v) is 1.96. The van der Waals surface area contributed by atoms with Gasteiger partial charge in [0.05, 0.1) is 11.5 Å². The van der Waals surface area contributed by atoms with Gasteiger partial charge in [-0.25, -0.2) is 8.42 Å². The molecule has 0 aliphatic carbocycles. The van der Waals surface area contributed by atoms with Crippen molar-refractivity contribution in [2.24, 2.45) is 0 Å². The van der Waals surface area contributed by atoms with Gasteiger partial charge in [-0.15, -0.1) is 0 Å². The van der Waals surface area contributed by atoms with Crippen LogP contribution >= 0.6 is 0 Å². The molecule has 0 aliphatic heterocycles. The topological polar surface area (TPSA) is 74.6 Å². The first kappa shape index (κ1) is 10.0. The van der Waals surface area contributed by atoms with E-state index in [-0.39, 0.29) is 17.3 Å². The first-order chi connectivity index (χ1) is 5.95. The maximum atomic E-state index is 11.1. The fourth-order valence-electron chi connectivity index (χ4n) is 1.02. The second kappa shape index (κ2) is 3.35. The first-order valence-corrected chi connectivity index (χ1v) is 5.47. The Morgan fingerprint density at radius 2 is 2.00 bits per heavy atom. The highest BCUT2D eigenvalue weighted by Gasteiger charge is 2.12. The molecule has 0 radical (unpaired) electrons. The smallest absolute Gasteiger partial charge is 0.176 e. The maximum absolute atomic E-state index is 11.1. The Kier molecular flexibility index (Phi) is 2.58. The van der Waals surface area contributed by atoms with Crippen molar-refractivity contribution in [2.75, 3.05) is 6.26 Å². The van der Waals surface area contributed by atoms with Crippen LogP contribution in [0.1, 0.15) is 5.56 Å². The van der Waals surface area contributed by atoms with Gasteiger partial charge in [0.1, 0.15) is 5.75 Å². The molecule has 0 atom stereocenters. The van der Waals surface area contributed by atoms with Crippen molar-refractivity contribution in [1.82, 2.24) is 0 Å². The normalized spacial score (nSPS) is 11.5. The maximum Gasteiger partial charge on any atom is 0.176 e. The Balaban J connectivity index is 3.41. The van der Waals surface area contributed by atoms with E-state index in [1.807, 2.05) is 0 Å². The number of aliphatic hydroxyl groups is 1. The van der Waals surface area contributed by atoms with Gasteiger partial charge in [-0.05, 0) is 17.7 Å². The van der Waals surface area contributed by atoms with Gasteiger partial charge in [0.2, 0.25) is 0 Å². The average Bonchev–Trinajstić information content (AvgIpc) is 2.03. The second-order valence-electron chi connectivity index (χ2n) is 2.72. The molecule has 0 saturated carbocycles. The Labute approximate surface area is 76.4 Å². The van der Waals surface area contributed by atoms with Crippen LogP contribution in [0.2, 0.25) is 0 Å². The molecule has 0 aliphatic rings. The van der Waals surface area contributed by atoms with Crippen molar-refractivity contribution in [3.05, 3.63) is 23.8 Å². The second-order valence-corrected chi connectivity index (χ2v) is 4.71. The zero-order valence-electron chi connectivity index (χ0n) is 7.06. The zero-order valence-corrected chi connectivity index (χ0v) is 7.87. The number of rotatable bonds is 2. The molecule has 0 bridgehead atoms. The molecule has 0 saturated heterocycles. The number of hydrogen-bond acceptors (Lipinski definition) is 4. The lowest BCUT2D eigenvalue weighted by molar-refractivity contribution is 0.278. The number of hydrogen-bond donors (Lipinski definition) is 2. The van der Waals surface area contributed by atoms with E-state index in [4.69, 9.17) is 10.2 Å². The SMILES string of the molecule is CS(=O)(=O)c1cc(O)ccc1CO. The minimum Gasteiger partial charge on any atom is -0.508 e. The molecule has 0 heterocycles. The van der Waals surface area contributed by atoms with Crippen LogP contribution in [-0.4, -0.2) is 24.9 Å². The van der Waals surface area contributed by atoms with Gasteiger partial charge in [-0.3, -0.25) is 0 Å². The highest BCUT2D eigenvalue weighted by molar-refractivity contribution is 7.90. The Bertz CT molecular complexity index is 408. The number of phenolic OH excluding ortho intramolecular Hbond substituents is 1. The molecule has 0 unspecified atom stereocenters. The van der Waals surface area contributed by atoms with Gasteiger partial charge in [0.25, 0.3) is 0 Å². The van der Waals surface area contributed by atoms with Crippen LogP contribution in [0.25, 0.3) is 0 Å². The van der Waals surface area contributed by atoms with Crippen molar-refractivity contribution < 1.29 is 18.6 Å². The summed E-state index contributed by atoms with van der Waals surface area (Å²) >= 11 is 0. The minimum atomic E-state index is -3.39. The third-order valence-corrected chi connectivity index (χ3v) is 2.80. The molecule has 2 N–H and O–H groups in total. The number of aromatic hydroxyl groups is 1. The van der Waals surface area contributed by atoms with Crippen molar-refractivity contribution in [1.29, 1.82) is 0 Å². The van der Waals surface area contributed by atoms with E-state index < -0.39 is 9.84 Å². The molecule has 0 fully saturated rings. The van der Waals surface area contributed by atoms with Gasteiger partial charge < -0.3 is 10.2 Å². The van der Waals surface area contributed by atoms with Crippen molar-refractivity contribution >= 4 is 9.84 Å². The molecule has 0 spiro atoms. The van der Waals surface area contributed by atoms with E-state index in [1.54, 1.807) is 0 Å². The summed E-state index contributed by atoms with van der Waals surface area (Å²) in [6.07, 6.45) is 1.03. The fraction of sp³-hybridized carbons (Fsp3) is 0.250. The summed E-state index contributed by atoms with van der Waals surface area (Å²) in [5.74, 6) is -0.127. The van der Waals surface area contributed by atoms with Crippen LogP contribution in [0.15, 0.2) is 23.1 Å². The first-order valence-electron chi connectivity index (χ1n) is 3.58. The van der Waals surface area contributed by atoms with Gasteiger partial charge in [0.15, 0.2) is 9.84 Å². The predicted molar refractivity (Wildman–Crippen MR) is 47.1 cm³/mol. The van der Waals surface area contributed by atoms with Crippen LogP contribution in [-0.2, 0) is 16.4 Å². The van der Waals surface area contributed by atoms with Crippen LogP contribution in [0.4, 0.5) is 0 Å². The molecule has 5 heteroatoms. The van der Waals surface area contributed by atoms with Crippen LogP contribution in [0.3, 0.4) is 0 Å². The van der Waals surface area contributed by atoms with Crippen LogP contribution in [0, 0.1) is 0 Å². The van der Waals surface area contributed by atoms with Crippen molar-refractivity contribution in [2.45, 2.75) is 11.5 Å². The van der Waals surface area contributed by atoms with E-state index >= 15 is 0 Å². The lowest BCUT2D eigenvalue weighted by atomic mass is 10.2. The van der Waals surface area contributed by atoms with E-state index in [1.165, 1.54) is 12.1 Å². The summed E-state index contributed by atoms with van der Waals surface area (Å²) in [6.45, 7) is -0.358. The molecule has 72 valence electrons.